The molecule has 0 unspecified atom stereocenters. The van der Waals surface area contributed by atoms with Gasteiger partial charge in [-0.15, -0.1) is 4.72 Å². The van der Waals surface area contributed by atoms with Crippen LogP contribution in [0.25, 0.3) is 0 Å². The van der Waals surface area contributed by atoms with Crippen LogP contribution in [0.3, 0.4) is 0 Å². The fourth-order valence-electron chi connectivity index (χ4n) is 4.76. The molecule has 0 aromatic rings. The van der Waals surface area contributed by atoms with Gasteiger partial charge in [-0.2, -0.15) is 0 Å². The quantitative estimate of drug-likeness (QED) is 0.577. The summed E-state index contributed by atoms with van der Waals surface area (Å²) in [7, 11) is 0. The van der Waals surface area contributed by atoms with E-state index in [1.165, 1.54) is 0 Å². The lowest BCUT2D eigenvalue weighted by molar-refractivity contribution is -0.206. The Hall–Kier alpha value is -0.340. The third-order valence-corrected chi connectivity index (χ3v) is 7.70. The van der Waals surface area contributed by atoms with Crippen LogP contribution < -0.4 is 4.72 Å². The minimum atomic E-state index is -1.21. The summed E-state index contributed by atoms with van der Waals surface area (Å²) >= 11 is -1.21. The average molecular weight is 388 g/mol. The molecule has 2 aliphatic carbocycles. The van der Waals surface area contributed by atoms with Crippen molar-refractivity contribution in [1.82, 2.24) is 4.72 Å². The van der Waals surface area contributed by atoms with Gasteiger partial charge in [0.2, 0.25) is 0 Å². The molecule has 6 nitrogen and oxygen atoms in total. The molecule has 7 heteroatoms. The molecule has 1 saturated heterocycles. The fraction of sp³-hybridized carbons (Fsp3) is 0.947. The summed E-state index contributed by atoms with van der Waals surface area (Å²) in [6, 6.07) is 0. The molecule has 0 amide bonds. The summed E-state index contributed by atoms with van der Waals surface area (Å²) in [6.45, 7) is 9.40. The van der Waals surface area contributed by atoms with Gasteiger partial charge in [-0.1, -0.05) is 0 Å². The molecule has 0 bridgehead atoms. The van der Waals surface area contributed by atoms with Gasteiger partial charge in [0, 0.05) is 24.2 Å². The van der Waals surface area contributed by atoms with Crippen molar-refractivity contribution in [1.29, 1.82) is 0 Å². The zero-order valence-corrected chi connectivity index (χ0v) is 17.3. The topological polar surface area (TPSA) is 79.9 Å². The lowest BCUT2D eigenvalue weighted by Crippen LogP contribution is -2.65. The smallest absolute Gasteiger partial charge is 0.307 e. The number of carbonyl (C=O) groups is 1. The molecule has 0 aromatic carbocycles. The summed E-state index contributed by atoms with van der Waals surface area (Å²) in [5.41, 5.74) is -0.228. The SMILES string of the molecule is CCOC(=O)CC1(N[S@+]([O-])C(C)(C)C)CC2(CCC3(CC2)OCCO3)C1. The van der Waals surface area contributed by atoms with Crippen molar-refractivity contribution in [2.45, 2.75) is 88.7 Å². The lowest BCUT2D eigenvalue weighted by Gasteiger charge is -2.59. The minimum absolute atomic E-state index is 0.197. The van der Waals surface area contributed by atoms with Gasteiger partial charge in [0.05, 0.1) is 31.8 Å². The Kier molecular flexibility index (Phi) is 5.68. The van der Waals surface area contributed by atoms with Crippen LogP contribution in [0.15, 0.2) is 0 Å². The highest BCUT2D eigenvalue weighted by Gasteiger charge is 2.60. The Labute approximate surface area is 160 Å². The van der Waals surface area contributed by atoms with E-state index in [-0.39, 0.29) is 28.3 Å². The van der Waals surface area contributed by atoms with E-state index in [9.17, 15) is 9.35 Å². The number of ether oxygens (including phenoxy) is 3. The van der Waals surface area contributed by atoms with E-state index in [0.29, 0.717) is 19.8 Å². The van der Waals surface area contributed by atoms with Gasteiger partial charge in [0.25, 0.3) is 0 Å². The number of esters is 1. The lowest BCUT2D eigenvalue weighted by atomic mass is 9.51. The summed E-state index contributed by atoms with van der Waals surface area (Å²) in [6.07, 6.45) is 5.87. The number of nitrogens with one attached hydrogen (secondary N) is 1. The zero-order valence-electron chi connectivity index (χ0n) is 16.5. The highest BCUT2D eigenvalue weighted by Crippen LogP contribution is 2.60. The van der Waals surface area contributed by atoms with Gasteiger partial charge >= 0.3 is 5.97 Å². The van der Waals surface area contributed by atoms with Crippen LogP contribution >= 0.6 is 0 Å². The molecule has 3 fully saturated rings. The van der Waals surface area contributed by atoms with E-state index >= 15 is 0 Å². The Morgan fingerprint density at radius 1 is 1.15 bits per heavy atom. The predicted molar refractivity (Wildman–Crippen MR) is 99.8 cm³/mol. The van der Waals surface area contributed by atoms with Gasteiger partial charge in [-0.05, 0) is 58.8 Å². The maximum Gasteiger partial charge on any atom is 0.307 e. The summed E-state index contributed by atoms with van der Waals surface area (Å²) in [5.74, 6) is -0.581. The number of hydrogen-bond donors (Lipinski definition) is 1. The second-order valence-electron chi connectivity index (χ2n) is 9.21. The second-order valence-corrected chi connectivity index (χ2v) is 11.2. The summed E-state index contributed by atoms with van der Waals surface area (Å²) in [5, 5.41) is 0. The van der Waals surface area contributed by atoms with E-state index in [2.05, 4.69) is 4.72 Å². The Morgan fingerprint density at radius 3 is 2.23 bits per heavy atom. The molecule has 1 atom stereocenters. The first kappa shape index (κ1) is 20.4. The maximum atomic E-state index is 12.7. The maximum absolute atomic E-state index is 12.7. The molecule has 1 N–H and O–H groups in total. The molecular formula is C19H33NO5S. The molecule has 0 aromatic heterocycles. The predicted octanol–water partition coefficient (Wildman–Crippen LogP) is 2.83. The van der Waals surface area contributed by atoms with Gasteiger partial charge < -0.3 is 18.8 Å². The standard InChI is InChI=1S/C19H33NO5S/c1-5-23-15(21)12-18(20-26(22)16(2,3)4)13-17(14-18)6-8-19(9-7-17)24-10-11-25-19/h20H,5-14H2,1-4H3/t26-/m1/s1. The van der Waals surface area contributed by atoms with Crippen LogP contribution in [-0.2, 0) is 30.4 Å². The van der Waals surface area contributed by atoms with Crippen molar-refractivity contribution in [3.05, 3.63) is 0 Å². The van der Waals surface area contributed by atoms with Crippen molar-refractivity contribution >= 4 is 17.3 Å². The average Bonchev–Trinajstić information content (AvgIpc) is 2.96. The molecule has 26 heavy (non-hydrogen) atoms. The van der Waals surface area contributed by atoms with Gasteiger partial charge in [-0.25, -0.2) is 0 Å². The molecule has 2 spiro atoms. The fourth-order valence-corrected chi connectivity index (χ4v) is 5.67. The van der Waals surface area contributed by atoms with Gasteiger partial charge in [-0.3, -0.25) is 4.79 Å². The molecular weight excluding hydrogens is 354 g/mol. The van der Waals surface area contributed by atoms with E-state index in [4.69, 9.17) is 14.2 Å². The number of rotatable bonds is 5. The first-order valence-electron chi connectivity index (χ1n) is 9.75. The highest BCUT2D eigenvalue weighted by molar-refractivity contribution is 7.90. The number of hydrogen-bond acceptors (Lipinski definition) is 6. The van der Waals surface area contributed by atoms with Crippen LogP contribution in [0.2, 0.25) is 0 Å². The first-order chi connectivity index (χ1) is 12.1. The molecule has 2 saturated carbocycles. The summed E-state index contributed by atoms with van der Waals surface area (Å²) in [4.78, 5) is 12.2. The Bertz CT molecular complexity index is 509. The molecule has 3 rings (SSSR count). The number of carbonyl (C=O) groups excluding carboxylic acids is 1. The van der Waals surface area contributed by atoms with Crippen molar-refractivity contribution in [3.8, 4) is 0 Å². The van der Waals surface area contributed by atoms with E-state index in [1.807, 2.05) is 27.7 Å². The van der Waals surface area contributed by atoms with Crippen molar-refractivity contribution in [3.63, 3.8) is 0 Å². The molecule has 0 radical (unpaired) electrons. The molecule has 150 valence electrons. The van der Waals surface area contributed by atoms with Crippen molar-refractivity contribution in [2.24, 2.45) is 5.41 Å². The summed E-state index contributed by atoms with van der Waals surface area (Å²) < 4.78 is 32.5. The van der Waals surface area contributed by atoms with E-state index in [0.717, 1.165) is 38.5 Å². The van der Waals surface area contributed by atoms with Crippen molar-refractivity contribution < 1.29 is 23.6 Å². The van der Waals surface area contributed by atoms with E-state index < -0.39 is 16.9 Å². The van der Waals surface area contributed by atoms with E-state index in [1.54, 1.807) is 0 Å². The third-order valence-electron chi connectivity index (χ3n) is 5.97. The molecule has 1 heterocycles. The van der Waals surface area contributed by atoms with Crippen LogP contribution in [-0.4, -0.2) is 46.4 Å². The Balaban J connectivity index is 1.64. The Morgan fingerprint density at radius 2 is 1.73 bits per heavy atom. The van der Waals surface area contributed by atoms with Crippen LogP contribution in [0, 0.1) is 5.41 Å². The monoisotopic (exact) mass is 387 g/mol. The molecule has 1 aliphatic heterocycles. The first-order valence-corrected chi connectivity index (χ1v) is 10.9. The van der Waals surface area contributed by atoms with Crippen LogP contribution in [0.4, 0.5) is 0 Å². The normalized spacial score (nSPS) is 27.3. The highest BCUT2D eigenvalue weighted by atomic mass is 32.2. The largest absolute Gasteiger partial charge is 0.598 e. The third kappa shape index (κ3) is 4.22. The zero-order chi connectivity index (χ0) is 19.1. The molecule has 3 aliphatic rings. The van der Waals surface area contributed by atoms with Crippen LogP contribution in [0.1, 0.15) is 72.6 Å². The van der Waals surface area contributed by atoms with Crippen molar-refractivity contribution in [2.75, 3.05) is 19.8 Å². The van der Waals surface area contributed by atoms with Gasteiger partial charge in [0.1, 0.15) is 4.75 Å². The minimum Gasteiger partial charge on any atom is -0.598 e. The van der Waals surface area contributed by atoms with Gasteiger partial charge in [0.15, 0.2) is 5.79 Å². The van der Waals surface area contributed by atoms with Crippen LogP contribution in [0.5, 0.6) is 0 Å². The second kappa shape index (κ2) is 7.24.